The van der Waals surface area contributed by atoms with E-state index in [1.54, 1.807) is 12.4 Å². The molecule has 6 rings (SSSR count). The van der Waals surface area contributed by atoms with Crippen molar-refractivity contribution in [3.05, 3.63) is 90.1 Å². The topological polar surface area (TPSA) is 127 Å². The summed E-state index contributed by atoms with van der Waals surface area (Å²) >= 11 is 0. The van der Waals surface area contributed by atoms with Gasteiger partial charge in [-0.05, 0) is 81.3 Å². The maximum absolute atomic E-state index is 14.8. The summed E-state index contributed by atoms with van der Waals surface area (Å²) in [5.41, 5.74) is 2.35. The second-order valence-corrected chi connectivity index (χ2v) is 11.2. The molecule has 3 N–H and O–H groups in total. The van der Waals surface area contributed by atoms with Crippen molar-refractivity contribution in [1.82, 2.24) is 30.2 Å². The van der Waals surface area contributed by atoms with Crippen molar-refractivity contribution in [2.45, 2.75) is 57.5 Å². The first-order chi connectivity index (χ1) is 22.5. The molecule has 1 saturated carbocycles. The number of halogens is 2. The zero-order valence-electron chi connectivity index (χ0n) is 25.4. The first kappa shape index (κ1) is 30.9. The number of benzene rings is 1. The molecule has 10 nitrogen and oxygen atoms in total. The number of nitrogens with zero attached hydrogens (tertiary/aromatic N) is 4. The van der Waals surface area contributed by atoms with E-state index in [2.05, 4.69) is 35.6 Å². The number of aryl methyl sites for hydroxylation is 1. The first-order valence-electron chi connectivity index (χ1n) is 15.5. The van der Waals surface area contributed by atoms with Crippen LogP contribution in [0.1, 0.15) is 55.1 Å². The minimum Gasteiger partial charge on any atom is -0.490 e. The van der Waals surface area contributed by atoms with Crippen LogP contribution in [0.4, 0.5) is 14.6 Å². The SMILES string of the molecule is CCOc1ccccc1OCCCc1ccnc(C(=O)N[C@@H]2CCCC(Nc3nc(-c4c[nH]c5ncc(F)cc45)ncc3F)C2)c1. The highest BCUT2D eigenvalue weighted by molar-refractivity contribution is 5.93. The molecule has 2 atom stereocenters. The van der Waals surface area contributed by atoms with Crippen molar-refractivity contribution in [1.29, 1.82) is 0 Å². The molecule has 0 spiro atoms. The van der Waals surface area contributed by atoms with Crippen molar-refractivity contribution in [2.24, 2.45) is 0 Å². The second kappa shape index (κ2) is 14.3. The number of hydrogen-bond donors (Lipinski definition) is 3. The number of para-hydroxylation sites is 2. The number of ether oxygens (including phenoxy) is 2. The lowest BCUT2D eigenvalue weighted by atomic mass is 9.90. The number of fused-ring (bicyclic) bond motifs is 1. The maximum atomic E-state index is 14.8. The van der Waals surface area contributed by atoms with Gasteiger partial charge in [-0.2, -0.15) is 0 Å². The Balaban J connectivity index is 1.03. The third kappa shape index (κ3) is 7.39. The standard InChI is InChI=1S/C34H35F2N7O3/c1-2-45-29-10-3-4-11-30(29)46-14-6-7-21-12-13-37-28(15-21)34(44)42-24-9-5-8-23(17-24)41-33-27(36)20-40-32(43-33)26-19-39-31-25(26)16-22(35)18-38-31/h3-4,10-13,15-16,18-20,23-24H,2,5-9,14,17H2,1H3,(H,38,39)(H,42,44)(H,40,41,43)/t23?,24-/m1/s1. The minimum atomic E-state index is -0.594. The molecule has 1 unspecified atom stereocenters. The van der Waals surface area contributed by atoms with Crippen LogP contribution in [-0.4, -0.2) is 56.1 Å². The number of pyridine rings is 2. The lowest BCUT2D eigenvalue weighted by molar-refractivity contribution is 0.0921. The van der Waals surface area contributed by atoms with Gasteiger partial charge in [-0.25, -0.2) is 23.7 Å². The molecule has 0 saturated heterocycles. The predicted octanol–water partition coefficient (Wildman–Crippen LogP) is 6.26. The number of aromatic nitrogens is 5. The molecular formula is C34H35F2N7O3. The van der Waals surface area contributed by atoms with Crippen molar-refractivity contribution in [2.75, 3.05) is 18.5 Å². The summed E-state index contributed by atoms with van der Waals surface area (Å²) in [6, 6.07) is 12.4. The van der Waals surface area contributed by atoms with E-state index >= 15 is 0 Å². The lowest BCUT2D eigenvalue weighted by Crippen LogP contribution is -2.42. The number of hydrogen-bond acceptors (Lipinski definition) is 8. The van der Waals surface area contributed by atoms with Crippen LogP contribution in [0.15, 0.2) is 67.3 Å². The molecular weight excluding hydrogens is 592 g/mol. The van der Waals surface area contributed by atoms with Crippen molar-refractivity contribution >= 4 is 22.8 Å². The van der Waals surface area contributed by atoms with Gasteiger partial charge in [-0.1, -0.05) is 12.1 Å². The quantitative estimate of drug-likeness (QED) is 0.139. The minimum absolute atomic E-state index is 0.0559. The van der Waals surface area contributed by atoms with Crippen LogP contribution in [0.25, 0.3) is 22.4 Å². The zero-order chi connectivity index (χ0) is 31.9. The van der Waals surface area contributed by atoms with Crippen LogP contribution in [-0.2, 0) is 6.42 Å². The Kier molecular flexibility index (Phi) is 9.61. The third-order valence-corrected chi connectivity index (χ3v) is 7.91. The fourth-order valence-corrected chi connectivity index (χ4v) is 5.72. The molecule has 46 heavy (non-hydrogen) atoms. The number of amides is 1. The van der Waals surface area contributed by atoms with Gasteiger partial charge in [-0.15, -0.1) is 0 Å². The van der Waals surface area contributed by atoms with E-state index in [0.29, 0.717) is 47.7 Å². The van der Waals surface area contributed by atoms with Crippen LogP contribution >= 0.6 is 0 Å². The normalized spacial score (nSPS) is 16.2. The summed E-state index contributed by atoms with van der Waals surface area (Å²) in [5, 5.41) is 6.81. The summed E-state index contributed by atoms with van der Waals surface area (Å²) in [6.07, 6.45) is 10.0. The molecule has 238 valence electrons. The van der Waals surface area contributed by atoms with E-state index in [1.807, 2.05) is 43.3 Å². The number of rotatable bonds is 12. The molecule has 1 aliphatic carbocycles. The maximum Gasteiger partial charge on any atom is 0.270 e. The highest BCUT2D eigenvalue weighted by Gasteiger charge is 2.25. The van der Waals surface area contributed by atoms with Gasteiger partial charge in [0, 0.05) is 35.4 Å². The predicted molar refractivity (Wildman–Crippen MR) is 170 cm³/mol. The van der Waals surface area contributed by atoms with Crippen LogP contribution in [0.3, 0.4) is 0 Å². The summed E-state index contributed by atoms with van der Waals surface area (Å²) in [6.45, 7) is 3.01. The number of carbonyl (C=O) groups excluding carboxylic acids is 1. The van der Waals surface area contributed by atoms with Crippen LogP contribution in [0, 0.1) is 11.6 Å². The van der Waals surface area contributed by atoms with E-state index < -0.39 is 11.6 Å². The second-order valence-electron chi connectivity index (χ2n) is 11.2. The zero-order valence-corrected chi connectivity index (χ0v) is 25.4. The summed E-state index contributed by atoms with van der Waals surface area (Å²) in [7, 11) is 0. The van der Waals surface area contributed by atoms with Gasteiger partial charge in [-0.3, -0.25) is 9.78 Å². The van der Waals surface area contributed by atoms with E-state index in [-0.39, 0.29) is 29.6 Å². The van der Waals surface area contributed by atoms with Crippen molar-refractivity contribution in [3.8, 4) is 22.9 Å². The Morgan fingerprint density at radius 3 is 2.70 bits per heavy atom. The van der Waals surface area contributed by atoms with E-state index in [9.17, 15) is 13.6 Å². The summed E-state index contributed by atoms with van der Waals surface area (Å²) < 4.78 is 40.2. The molecule has 0 radical (unpaired) electrons. The van der Waals surface area contributed by atoms with Gasteiger partial charge in [0.15, 0.2) is 29.0 Å². The Bertz CT molecular complexity index is 1820. The Labute approximate surface area is 265 Å². The Morgan fingerprint density at radius 2 is 1.85 bits per heavy atom. The van der Waals surface area contributed by atoms with Gasteiger partial charge in [0.25, 0.3) is 5.91 Å². The molecule has 1 fully saturated rings. The number of aromatic amines is 1. The molecule has 4 heterocycles. The van der Waals surface area contributed by atoms with E-state index in [0.717, 1.165) is 55.8 Å². The molecule has 1 amide bonds. The highest BCUT2D eigenvalue weighted by atomic mass is 19.1. The molecule has 1 aromatic carbocycles. The third-order valence-electron chi connectivity index (χ3n) is 7.91. The van der Waals surface area contributed by atoms with Crippen LogP contribution in [0.2, 0.25) is 0 Å². The average Bonchev–Trinajstić information content (AvgIpc) is 3.48. The highest BCUT2D eigenvalue weighted by Crippen LogP contribution is 2.29. The molecule has 4 aromatic heterocycles. The van der Waals surface area contributed by atoms with Crippen LogP contribution in [0.5, 0.6) is 11.5 Å². The van der Waals surface area contributed by atoms with Crippen molar-refractivity contribution < 1.29 is 23.0 Å². The number of carbonyl (C=O) groups is 1. The Morgan fingerprint density at radius 1 is 1.02 bits per heavy atom. The van der Waals surface area contributed by atoms with Gasteiger partial charge in [0.1, 0.15) is 17.2 Å². The number of nitrogens with one attached hydrogen (secondary N) is 3. The fraction of sp³-hybridized carbons (Fsp3) is 0.324. The average molecular weight is 628 g/mol. The van der Waals surface area contributed by atoms with E-state index in [1.165, 1.54) is 6.07 Å². The van der Waals surface area contributed by atoms with Gasteiger partial charge in [0.2, 0.25) is 0 Å². The van der Waals surface area contributed by atoms with Gasteiger partial charge >= 0.3 is 0 Å². The number of H-pyrrole nitrogens is 1. The summed E-state index contributed by atoms with van der Waals surface area (Å²) in [4.78, 5) is 33.0. The molecule has 5 aromatic rings. The Hall–Kier alpha value is -5.13. The molecule has 12 heteroatoms. The largest absolute Gasteiger partial charge is 0.490 e. The number of anilines is 1. The van der Waals surface area contributed by atoms with Crippen LogP contribution < -0.4 is 20.1 Å². The monoisotopic (exact) mass is 627 g/mol. The smallest absolute Gasteiger partial charge is 0.270 e. The van der Waals surface area contributed by atoms with E-state index in [4.69, 9.17) is 9.47 Å². The molecule has 0 aliphatic heterocycles. The molecule has 0 bridgehead atoms. The van der Waals surface area contributed by atoms with Crippen molar-refractivity contribution in [3.63, 3.8) is 0 Å². The first-order valence-corrected chi connectivity index (χ1v) is 15.5. The molecule has 1 aliphatic rings. The van der Waals surface area contributed by atoms with Gasteiger partial charge in [0.05, 0.1) is 25.6 Å². The summed E-state index contributed by atoms with van der Waals surface area (Å²) in [5.74, 6) is 0.411. The fourth-order valence-electron chi connectivity index (χ4n) is 5.72. The van der Waals surface area contributed by atoms with Gasteiger partial charge < -0.3 is 25.1 Å². The lowest BCUT2D eigenvalue weighted by Gasteiger charge is -2.30.